The molecule has 112 valence electrons. The monoisotopic (exact) mass is 293 g/mol. The van der Waals surface area contributed by atoms with Gasteiger partial charge in [0.25, 0.3) is 0 Å². The second kappa shape index (κ2) is 5.28. The van der Waals surface area contributed by atoms with Gasteiger partial charge in [0, 0.05) is 6.26 Å². The fourth-order valence-electron chi connectivity index (χ4n) is 1.75. The first kappa shape index (κ1) is 16.2. The molecule has 0 aromatic rings. The normalized spacial score (nSPS) is 18.9. The first-order valence-electron chi connectivity index (χ1n) is 6.20. The van der Waals surface area contributed by atoms with E-state index in [-0.39, 0.29) is 18.5 Å². The van der Waals surface area contributed by atoms with Gasteiger partial charge in [0.05, 0.1) is 25.4 Å². The van der Waals surface area contributed by atoms with Gasteiger partial charge in [0.2, 0.25) is 0 Å². The van der Waals surface area contributed by atoms with Crippen LogP contribution < -0.4 is 0 Å². The van der Waals surface area contributed by atoms with Crippen LogP contribution >= 0.6 is 0 Å². The van der Waals surface area contributed by atoms with Crippen LogP contribution in [0.3, 0.4) is 0 Å². The predicted molar refractivity (Wildman–Crippen MR) is 71.9 cm³/mol. The minimum absolute atomic E-state index is 0.00493. The van der Waals surface area contributed by atoms with E-state index >= 15 is 0 Å². The number of rotatable bonds is 4. The Morgan fingerprint density at radius 3 is 2.26 bits per heavy atom. The summed E-state index contributed by atoms with van der Waals surface area (Å²) in [6.45, 7) is 8.29. The zero-order valence-electron chi connectivity index (χ0n) is 12.2. The third-order valence-corrected chi connectivity index (χ3v) is 3.52. The molecule has 0 bridgehead atoms. The maximum absolute atomic E-state index is 11.7. The van der Waals surface area contributed by atoms with E-state index in [2.05, 4.69) is 0 Å². The molecular formula is C12H23NO5S. The Kier molecular flexibility index (Phi) is 4.51. The second-order valence-corrected chi connectivity index (χ2v) is 8.52. The third-order valence-electron chi connectivity index (χ3n) is 2.61. The molecule has 19 heavy (non-hydrogen) atoms. The van der Waals surface area contributed by atoms with Crippen molar-refractivity contribution in [3.05, 3.63) is 0 Å². The van der Waals surface area contributed by atoms with Gasteiger partial charge < -0.3 is 14.4 Å². The minimum Gasteiger partial charge on any atom is -0.444 e. The highest BCUT2D eigenvalue weighted by atomic mass is 32.2. The molecule has 1 amide bonds. The van der Waals surface area contributed by atoms with Crippen LogP contribution in [0.25, 0.3) is 0 Å². The first-order chi connectivity index (χ1) is 8.40. The molecule has 0 aromatic carbocycles. The maximum Gasteiger partial charge on any atom is 0.410 e. The van der Waals surface area contributed by atoms with E-state index in [0.717, 1.165) is 0 Å². The molecular weight excluding hydrogens is 270 g/mol. The minimum atomic E-state index is -3.01. The highest BCUT2D eigenvalue weighted by Gasteiger charge is 2.43. The van der Waals surface area contributed by atoms with E-state index in [0.29, 0.717) is 13.1 Å². The number of carbonyl (C=O) groups excluding carboxylic acids is 1. The van der Waals surface area contributed by atoms with Crippen LogP contribution in [0.2, 0.25) is 0 Å². The number of nitrogens with zero attached hydrogens (tertiary/aromatic N) is 1. The molecule has 0 N–H and O–H groups in total. The van der Waals surface area contributed by atoms with E-state index < -0.39 is 21.0 Å². The van der Waals surface area contributed by atoms with Crippen molar-refractivity contribution in [2.75, 3.05) is 31.7 Å². The Morgan fingerprint density at radius 1 is 1.32 bits per heavy atom. The zero-order chi connectivity index (χ0) is 14.9. The number of ether oxygens (including phenoxy) is 2. The molecule has 1 aliphatic rings. The van der Waals surface area contributed by atoms with Gasteiger partial charge in [-0.3, -0.25) is 0 Å². The van der Waals surface area contributed by atoms with Crippen LogP contribution in [0.1, 0.15) is 27.7 Å². The number of sulfone groups is 1. The van der Waals surface area contributed by atoms with Crippen molar-refractivity contribution in [3.63, 3.8) is 0 Å². The molecule has 6 nitrogen and oxygen atoms in total. The van der Waals surface area contributed by atoms with Gasteiger partial charge in [-0.15, -0.1) is 0 Å². The summed E-state index contributed by atoms with van der Waals surface area (Å²) < 4.78 is 32.7. The van der Waals surface area contributed by atoms with Gasteiger partial charge in [-0.1, -0.05) is 0 Å². The Balaban J connectivity index is 2.33. The van der Waals surface area contributed by atoms with Crippen molar-refractivity contribution in [2.24, 2.45) is 0 Å². The largest absolute Gasteiger partial charge is 0.444 e. The highest BCUT2D eigenvalue weighted by molar-refractivity contribution is 7.90. The van der Waals surface area contributed by atoms with E-state index in [1.165, 1.54) is 6.26 Å². The van der Waals surface area contributed by atoms with Crippen LogP contribution in [0.15, 0.2) is 0 Å². The van der Waals surface area contributed by atoms with E-state index in [1.807, 2.05) is 27.7 Å². The van der Waals surface area contributed by atoms with Gasteiger partial charge in [-0.25, -0.2) is 13.2 Å². The summed E-state index contributed by atoms with van der Waals surface area (Å²) in [6, 6.07) is 0. The fraction of sp³-hybridized carbons (Fsp3) is 0.917. The quantitative estimate of drug-likeness (QED) is 0.775. The summed E-state index contributed by atoms with van der Waals surface area (Å²) in [5.41, 5.74) is -0.984. The molecule has 7 heteroatoms. The van der Waals surface area contributed by atoms with Gasteiger partial charge in [-0.05, 0) is 27.7 Å². The van der Waals surface area contributed by atoms with Crippen molar-refractivity contribution < 1.29 is 22.7 Å². The van der Waals surface area contributed by atoms with Crippen LogP contribution in [-0.2, 0) is 19.3 Å². The number of carbonyl (C=O) groups is 1. The summed E-state index contributed by atoms with van der Waals surface area (Å²) in [6.07, 6.45) is 0.809. The highest BCUT2D eigenvalue weighted by Crippen LogP contribution is 2.26. The van der Waals surface area contributed by atoms with Crippen molar-refractivity contribution in [3.8, 4) is 0 Å². The Labute approximate surface area is 115 Å². The summed E-state index contributed by atoms with van der Waals surface area (Å²) in [5, 5.41) is 0. The van der Waals surface area contributed by atoms with Crippen molar-refractivity contribution in [2.45, 2.75) is 38.9 Å². The number of amides is 1. The summed E-state index contributed by atoms with van der Waals surface area (Å²) in [4.78, 5) is 13.3. The molecule has 1 rings (SSSR count). The molecule has 0 atom stereocenters. The smallest absolute Gasteiger partial charge is 0.410 e. The lowest BCUT2D eigenvalue weighted by atomic mass is 9.97. The molecule has 0 radical (unpaired) electrons. The van der Waals surface area contributed by atoms with E-state index in [1.54, 1.807) is 4.90 Å². The van der Waals surface area contributed by atoms with Gasteiger partial charge >= 0.3 is 6.09 Å². The SMILES string of the molecule is CC(C)(C)OC(=O)N1CC(C)(OCCS(C)(=O)=O)C1. The molecule has 0 unspecified atom stereocenters. The van der Waals surface area contributed by atoms with Crippen LogP contribution in [0.4, 0.5) is 4.79 Å². The zero-order valence-corrected chi connectivity index (χ0v) is 13.0. The molecule has 0 spiro atoms. The Bertz CT molecular complexity index is 432. The molecule has 0 aromatic heterocycles. The lowest BCUT2D eigenvalue weighted by molar-refractivity contribution is -0.124. The molecule has 0 aliphatic carbocycles. The van der Waals surface area contributed by atoms with E-state index in [4.69, 9.17) is 9.47 Å². The topological polar surface area (TPSA) is 72.9 Å². The van der Waals surface area contributed by atoms with E-state index in [9.17, 15) is 13.2 Å². The lowest BCUT2D eigenvalue weighted by Crippen LogP contribution is -2.63. The van der Waals surface area contributed by atoms with Crippen LogP contribution in [0.5, 0.6) is 0 Å². The molecule has 1 aliphatic heterocycles. The standard InChI is InChI=1S/C12H23NO5S/c1-11(2,3)18-10(14)13-8-12(4,9-13)17-6-7-19(5,15)16/h6-9H2,1-5H3. The van der Waals surface area contributed by atoms with Crippen molar-refractivity contribution >= 4 is 15.9 Å². The summed E-state index contributed by atoms with van der Waals surface area (Å²) >= 11 is 0. The van der Waals surface area contributed by atoms with Crippen LogP contribution in [-0.4, -0.2) is 62.3 Å². The number of hydrogen-bond acceptors (Lipinski definition) is 5. The van der Waals surface area contributed by atoms with Crippen molar-refractivity contribution in [1.29, 1.82) is 0 Å². The molecule has 1 heterocycles. The number of likely N-dealkylation sites (tertiary alicyclic amines) is 1. The van der Waals surface area contributed by atoms with Gasteiger partial charge in [0.1, 0.15) is 21.0 Å². The Morgan fingerprint density at radius 2 is 1.84 bits per heavy atom. The summed E-state index contributed by atoms with van der Waals surface area (Å²) in [7, 11) is -3.01. The predicted octanol–water partition coefficient (Wildman–Crippen LogP) is 1.06. The number of hydrogen-bond donors (Lipinski definition) is 0. The van der Waals surface area contributed by atoms with Crippen molar-refractivity contribution in [1.82, 2.24) is 4.90 Å². The summed E-state index contributed by atoms with van der Waals surface area (Å²) in [5.74, 6) is -0.00493. The average Bonchev–Trinajstić information content (AvgIpc) is 2.08. The Hall–Kier alpha value is -0.820. The van der Waals surface area contributed by atoms with Crippen LogP contribution in [0, 0.1) is 0 Å². The molecule has 1 fully saturated rings. The first-order valence-corrected chi connectivity index (χ1v) is 8.26. The van der Waals surface area contributed by atoms with Gasteiger partial charge in [0.15, 0.2) is 0 Å². The maximum atomic E-state index is 11.7. The van der Waals surface area contributed by atoms with Gasteiger partial charge in [-0.2, -0.15) is 0 Å². The second-order valence-electron chi connectivity index (χ2n) is 6.26. The lowest BCUT2D eigenvalue weighted by Gasteiger charge is -2.47. The average molecular weight is 293 g/mol. The molecule has 1 saturated heterocycles. The molecule has 0 saturated carbocycles. The fourth-order valence-corrected chi connectivity index (χ4v) is 2.13. The third kappa shape index (κ3) is 5.78.